The van der Waals surface area contributed by atoms with E-state index in [2.05, 4.69) is 31.0 Å². The minimum absolute atomic E-state index is 0.508. The third-order valence-electron chi connectivity index (χ3n) is 5.29. The molecule has 2 rings (SSSR count). The van der Waals surface area contributed by atoms with Gasteiger partial charge in [-0.3, -0.25) is 4.90 Å². The Morgan fingerprint density at radius 3 is 2.44 bits per heavy atom. The van der Waals surface area contributed by atoms with E-state index in [1.165, 1.54) is 64.5 Å². The molecule has 2 fully saturated rings. The van der Waals surface area contributed by atoms with Gasteiger partial charge in [-0.25, -0.2) is 0 Å². The maximum atomic E-state index is 3.78. The molecule has 1 heterocycles. The standard InChI is InChI=1S/C16H32N2/c1-4-15-9-13-18(12-8-14(2)17-15)16(3)10-6-5-7-11-16/h14-15,17H,4-13H2,1-3H3. The molecule has 106 valence electrons. The van der Waals surface area contributed by atoms with E-state index in [1.807, 2.05) is 0 Å². The molecule has 0 bridgehead atoms. The Kier molecular flexibility index (Phi) is 5.08. The molecule has 1 N–H and O–H groups in total. The van der Waals surface area contributed by atoms with Crippen molar-refractivity contribution < 1.29 is 0 Å². The Balaban J connectivity index is 1.98. The van der Waals surface area contributed by atoms with E-state index < -0.39 is 0 Å². The highest BCUT2D eigenvalue weighted by molar-refractivity contribution is 4.91. The molecule has 0 amide bonds. The normalized spacial score (nSPS) is 34.8. The minimum atomic E-state index is 0.508. The second kappa shape index (κ2) is 6.38. The first-order valence-electron chi connectivity index (χ1n) is 8.15. The second-order valence-corrected chi connectivity index (χ2v) is 6.79. The zero-order valence-corrected chi connectivity index (χ0v) is 12.7. The molecule has 1 aliphatic carbocycles. The van der Waals surface area contributed by atoms with Gasteiger partial charge in [0.1, 0.15) is 0 Å². The zero-order valence-electron chi connectivity index (χ0n) is 12.7. The van der Waals surface area contributed by atoms with Crippen LogP contribution >= 0.6 is 0 Å². The Morgan fingerprint density at radius 2 is 1.78 bits per heavy atom. The lowest BCUT2D eigenvalue weighted by Gasteiger charge is -2.46. The molecule has 2 unspecified atom stereocenters. The summed E-state index contributed by atoms with van der Waals surface area (Å²) in [5.74, 6) is 0. The summed E-state index contributed by atoms with van der Waals surface area (Å²) in [4.78, 5) is 2.83. The van der Waals surface area contributed by atoms with Gasteiger partial charge in [0.15, 0.2) is 0 Å². The van der Waals surface area contributed by atoms with Crippen LogP contribution in [-0.4, -0.2) is 35.6 Å². The summed E-state index contributed by atoms with van der Waals surface area (Å²) in [6.45, 7) is 9.79. The van der Waals surface area contributed by atoms with Crippen molar-refractivity contribution in [3.05, 3.63) is 0 Å². The van der Waals surface area contributed by atoms with Crippen molar-refractivity contribution in [3.8, 4) is 0 Å². The monoisotopic (exact) mass is 252 g/mol. The van der Waals surface area contributed by atoms with Gasteiger partial charge in [-0.2, -0.15) is 0 Å². The molecule has 2 heteroatoms. The van der Waals surface area contributed by atoms with Crippen molar-refractivity contribution >= 4 is 0 Å². The summed E-state index contributed by atoms with van der Waals surface area (Å²) in [5.41, 5.74) is 0.508. The van der Waals surface area contributed by atoms with Crippen LogP contribution in [0, 0.1) is 0 Å². The smallest absolute Gasteiger partial charge is 0.0181 e. The van der Waals surface area contributed by atoms with Crippen LogP contribution in [0.4, 0.5) is 0 Å². The fourth-order valence-electron chi connectivity index (χ4n) is 3.83. The van der Waals surface area contributed by atoms with E-state index >= 15 is 0 Å². The Bertz CT molecular complexity index is 245. The van der Waals surface area contributed by atoms with Gasteiger partial charge < -0.3 is 5.32 Å². The summed E-state index contributed by atoms with van der Waals surface area (Å²) in [6, 6.07) is 1.42. The first-order chi connectivity index (χ1) is 8.64. The Morgan fingerprint density at radius 1 is 1.11 bits per heavy atom. The van der Waals surface area contributed by atoms with Gasteiger partial charge in [-0.15, -0.1) is 0 Å². The van der Waals surface area contributed by atoms with E-state index in [1.54, 1.807) is 0 Å². The summed E-state index contributed by atoms with van der Waals surface area (Å²) >= 11 is 0. The molecular weight excluding hydrogens is 220 g/mol. The zero-order chi connectivity index (χ0) is 13.0. The maximum Gasteiger partial charge on any atom is 0.0181 e. The van der Waals surface area contributed by atoms with Gasteiger partial charge in [0.05, 0.1) is 0 Å². The number of hydrogen-bond donors (Lipinski definition) is 1. The van der Waals surface area contributed by atoms with Gasteiger partial charge in [0, 0.05) is 30.7 Å². The predicted molar refractivity (Wildman–Crippen MR) is 79.0 cm³/mol. The molecule has 2 atom stereocenters. The maximum absolute atomic E-state index is 3.78. The van der Waals surface area contributed by atoms with Crippen molar-refractivity contribution in [1.82, 2.24) is 10.2 Å². The quantitative estimate of drug-likeness (QED) is 0.808. The molecule has 1 aliphatic heterocycles. The largest absolute Gasteiger partial charge is 0.311 e. The topological polar surface area (TPSA) is 15.3 Å². The van der Waals surface area contributed by atoms with Gasteiger partial charge >= 0.3 is 0 Å². The number of nitrogens with one attached hydrogen (secondary N) is 1. The fraction of sp³-hybridized carbons (Fsp3) is 1.00. The van der Waals surface area contributed by atoms with E-state index in [9.17, 15) is 0 Å². The van der Waals surface area contributed by atoms with Crippen LogP contribution in [0.2, 0.25) is 0 Å². The van der Waals surface area contributed by atoms with Gasteiger partial charge in [-0.05, 0) is 46.0 Å². The lowest BCUT2D eigenvalue weighted by atomic mass is 9.81. The Labute approximate surface area is 114 Å². The van der Waals surface area contributed by atoms with Crippen LogP contribution < -0.4 is 5.32 Å². The number of nitrogens with zero attached hydrogens (tertiary/aromatic N) is 1. The van der Waals surface area contributed by atoms with Crippen molar-refractivity contribution in [3.63, 3.8) is 0 Å². The van der Waals surface area contributed by atoms with Crippen LogP contribution in [0.25, 0.3) is 0 Å². The Hall–Kier alpha value is -0.0800. The number of hydrogen-bond acceptors (Lipinski definition) is 2. The van der Waals surface area contributed by atoms with Crippen LogP contribution in [-0.2, 0) is 0 Å². The van der Waals surface area contributed by atoms with Crippen LogP contribution in [0.1, 0.15) is 72.1 Å². The van der Waals surface area contributed by atoms with E-state index in [0.29, 0.717) is 11.6 Å². The lowest BCUT2D eigenvalue weighted by Crippen LogP contribution is -2.53. The van der Waals surface area contributed by atoms with Crippen LogP contribution in [0.3, 0.4) is 0 Å². The average molecular weight is 252 g/mol. The van der Waals surface area contributed by atoms with Gasteiger partial charge in [-0.1, -0.05) is 26.2 Å². The van der Waals surface area contributed by atoms with Crippen molar-refractivity contribution in [2.75, 3.05) is 13.1 Å². The molecule has 0 aromatic rings. The van der Waals surface area contributed by atoms with Crippen LogP contribution in [0.15, 0.2) is 0 Å². The molecule has 2 aliphatic rings. The lowest BCUT2D eigenvalue weighted by molar-refractivity contribution is 0.0508. The molecule has 0 aromatic heterocycles. The van der Waals surface area contributed by atoms with Crippen molar-refractivity contribution in [2.45, 2.75) is 89.8 Å². The second-order valence-electron chi connectivity index (χ2n) is 6.79. The molecule has 2 nitrogen and oxygen atoms in total. The molecular formula is C16H32N2. The first kappa shape index (κ1) is 14.3. The highest BCUT2D eigenvalue weighted by Crippen LogP contribution is 2.34. The summed E-state index contributed by atoms with van der Waals surface area (Å²) < 4.78 is 0. The van der Waals surface area contributed by atoms with E-state index in [-0.39, 0.29) is 0 Å². The molecule has 0 spiro atoms. The molecule has 1 saturated heterocycles. The molecule has 0 radical (unpaired) electrons. The summed E-state index contributed by atoms with van der Waals surface area (Å²) in [7, 11) is 0. The number of rotatable bonds is 2. The minimum Gasteiger partial charge on any atom is -0.311 e. The SMILES string of the molecule is CCC1CCN(C2(C)CCCCC2)CCC(C)N1. The third-order valence-corrected chi connectivity index (χ3v) is 5.29. The van der Waals surface area contributed by atoms with Gasteiger partial charge in [0.25, 0.3) is 0 Å². The highest BCUT2D eigenvalue weighted by Gasteiger charge is 2.34. The summed E-state index contributed by atoms with van der Waals surface area (Å²) in [6.07, 6.45) is 11.1. The van der Waals surface area contributed by atoms with E-state index in [0.717, 1.165) is 6.04 Å². The summed E-state index contributed by atoms with van der Waals surface area (Å²) in [5, 5.41) is 3.78. The predicted octanol–water partition coefficient (Wildman–Crippen LogP) is 3.56. The highest BCUT2D eigenvalue weighted by atomic mass is 15.2. The van der Waals surface area contributed by atoms with Crippen molar-refractivity contribution in [2.24, 2.45) is 0 Å². The van der Waals surface area contributed by atoms with Crippen LogP contribution in [0.5, 0.6) is 0 Å². The van der Waals surface area contributed by atoms with E-state index in [4.69, 9.17) is 0 Å². The fourth-order valence-corrected chi connectivity index (χ4v) is 3.83. The first-order valence-corrected chi connectivity index (χ1v) is 8.15. The average Bonchev–Trinajstić information content (AvgIpc) is 2.34. The molecule has 18 heavy (non-hydrogen) atoms. The van der Waals surface area contributed by atoms with Crippen molar-refractivity contribution in [1.29, 1.82) is 0 Å². The van der Waals surface area contributed by atoms with Gasteiger partial charge in [0.2, 0.25) is 0 Å². The molecule has 0 aromatic carbocycles. The molecule has 1 saturated carbocycles. The third kappa shape index (κ3) is 3.48.